The number of rotatable bonds is 6. The lowest BCUT2D eigenvalue weighted by Crippen LogP contribution is -2.46. The number of carbonyl (C=O) groups is 1. The van der Waals surface area contributed by atoms with Gasteiger partial charge in [0.05, 0.1) is 19.7 Å². The van der Waals surface area contributed by atoms with E-state index in [1.807, 2.05) is 30.3 Å². The number of nitrogens with zero attached hydrogens (tertiary/aromatic N) is 2. The van der Waals surface area contributed by atoms with Gasteiger partial charge in [-0.1, -0.05) is 37.3 Å². The number of carbonyl (C=O) groups excluding carboxylic acids is 1. The van der Waals surface area contributed by atoms with Gasteiger partial charge in [0.15, 0.2) is 11.7 Å². The maximum atomic E-state index is 11.9. The van der Waals surface area contributed by atoms with Gasteiger partial charge in [-0.2, -0.15) is 0 Å². The van der Waals surface area contributed by atoms with E-state index in [1.165, 1.54) is 0 Å². The zero-order chi connectivity index (χ0) is 20.7. The van der Waals surface area contributed by atoms with E-state index in [4.69, 9.17) is 9.47 Å². The minimum Gasteiger partial charge on any atom is -0.354 e. The molecule has 1 aromatic rings. The molecule has 1 saturated carbocycles. The second kappa shape index (κ2) is 10.1. The van der Waals surface area contributed by atoms with Gasteiger partial charge in [-0.25, -0.2) is 4.99 Å². The largest absolute Gasteiger partial charge is 0.354 e. The minimum absolute atomic E-state index is 0.00469. The lowest BCUT2D eigenvalue weighted by atomic mass is 9.86. The number of nitrogens with one attached hydrogen (secondary N) is 2. The highest BCUT2D eigenvalue weighted by Gasteiger charge is 2.43. The standard InChI is InChI=1S/C22H34N4O3/c1-17-9-11-22(12-10-17)28-16-19(29-22)14-24-21(25-15-20(27)26(2)3)23-13-18-7-5-4-6-8-18/h4-8,17,19H,9-16H2,1-3H3,(H2,23,24,25). The van der Waals surface area contributed by atoms with Crippen molar-refractivity contribution in [3.05, 3.63) is 35.9 Å². The first kappa shape index (κ1) is 21.6. The molecule has 1 unspecified atom stereocenters. The van der Waals surface area contributed by atoms with E-state index < -0.39 is 5.79 Å². The summed E-state index contributed by atoms with van der Waals surface area (Å²) in [4.78, 5) is 18.1. The minimum atomic E-state index is -0.394. The summed E-state index contributed by atoms with van der Waals surface area (Å²) in [6.45, 7) is 4.20. The van der Waals surface area contributed by atoms with Crippen LogP contribution < -0.4 is 10.6 Å². The fourth-order valence-corrected chi connectivity index (χ4v) is 3.64. The number of likely N-dealkylation sites (N-methyl/N-ethyl adjacent to an activating group) is 1. The molecule has 1 aliphatic carbocycles. The van der Waals surface area contributed by atoms with E-state index in [-0.39, 0.29) is 18.6 Å². The molecule has 1 heterocycles. The molecule has 1 aliphatic heterocycles. The Bertz CT molecular complexity index is 685. The maximum absolute atomic E-state index is 11.9. The van der Waals surface area contributed by atoms with Crippen molar-refractivity contribution in [3.63, 3.8) is 0 Å². The summed E-state index contributed by atoms with van der Waals surface area (Å²) in [5.41, 5.74) is 1.11. The molecule has 0 radical (unpaired) electrons. The van der Waals surface area contributed by atoms with Gasteiger partial charge in [-0.05, 0) is 24.3 Å². The molecule has 2 fully saturated rings. The van der Waals surface area contributed by atoms with Gasteiger partial charge in [0, 0.05) is 33.5 Å². The Morgan fingerprint density at radius 2 is 1.93 bits per heavy atom. The Kier molecular flexibility index (Phi) is 7.50. The smallest absolute Gasteiger partial charge is 0.241 e. The predicted molar refractivity (Wildman–Crippen MR) is 113 cm³/mol. The Morgan fingerprint density at radius 3 is 2.62 bits per heavy atom. The van der Waals surface area contributed by atoms with Crippen molar-refractivity contribution in [1.29, 1.82) is 0 Å². The van der Waals surface area contributed by atoms with Crippen LogP contribution in [0, 0.1) is 5.92 Å². The lowest BCUT2D eigenvalue weighted by Gasteiger charge is -2.34. The quantitative estimate of drug-likeness (QED) is 0.563. The average Bonchev–Trinajstić information content (AvgIpc) is 3.13. The Labute approximate surface area is 173 Å². The third-order valence-electron chi connectivity index (χ3n) is 5.62. The molecule has 1 aromatic carbocycles. The fourth-order valence-electron chi connectivity index (χ4n) is 3.64. The van der Waals surface area contributed by atoms with Gasteiger partial charge in [0.2, 0.25) is 5.91 Å². The van der Waals surface area contributed by atoms with Crippen LogP contribution in [0.25, 0.3) is 0 Å². The van der Waals surface area contributed by atoms with Crippen LogP contribution in [0.15, 0.2) is 35.3 Å². The molecule has 1 amide bonds. The summed E-state index contributed by atoms with van der Waals surface area (Å²) in [7, 11) is 3.48. The van der Waals surface area contributed by atoms with Crippen LogP contribution in [0.2, 0.25) is 0 Å². The number of aliphatic imine (C=N–C) groups is 1. The highest BCUT2D eigenvalue weighted by atomic mass is 16.7. The average molecular weight is 403 g/mol. The third kappa shape index (κ3) is 6.44. The predicted octanol–water partition coefficient (Wildman–Crippen LogP) is 2.13. The number of hydrogen-bond donors (Lipinski definition) is 2. The normalized spacial score (nSPS) is 27.1. The number of benzene rings is 1. The second-order valence-electron chi connectivity index (χ2n) is 8.32. The van der Waals surface area contributed by atoms with Gasteiger partial charge in [-0.3, -0.25) is 4.79 Å². The molecule has 160 valence electrons. The topological polar surface area (TPSA) is 75.2 Å². The number of amides is 1. The lowest BCUT2D eigenvalue weighted by molar-refractivity contribution is -0.191. The van der Waals surface area contributed by atoms with Crippen LogP contribution in [-0.4, -0.2) is 62.4 Å². The molecule has 0 bridgehead atoms. The zero-order valence-electron chi connectivity index (χ0n) is 17.8. The maximum Gasteiger partial charge on any atom is 0.241 e. The summed E-state index contributed by atoms with van der Waals surface area (Å²) in [6.07, 6.45) is 4.22. The van der Waals surface area contributed by atoms with E-state index in [0.29, 0.717) is 25.7 Å². The molecule has 29 heavy (non-hydrogen) atoms. The van der Waals surface area contributed by atoms with Gasteiger partial charge < -0.3 is 25.0 Å². The molecule has 2 aliphatic rings. The second-order valence-corrected chi connectivity index (χ2v) is 8.32. The Balaban J connectivity index is 1.54. The van der Waals surface area contributed by atoms with Crippen molar-refractivity contribution in [2.75, 3.05) is 33.8 Å². The molecule has 7 heteroatoms. The number of ether oxygens (including phenoxy) is 2. The molecule has 3 rings (SSSR count). The Morgan fingerprint density at radius 1 is 1.21 bits per heavy atom. The molecule has 1 saturated heterocycles. The van der Waals surface area contributed by atoms with Gasteiger partial charge >= 0.3 is 0 Å². The van der Waals surface area contributed by atoms with Crippen molar-refractivity contribution in [2.24, 2.45) is 10.9 Å². The van der Waals surface area contributed by atoms with Crippen LogP contribution in [-0.2, 0) is 20.8 Å². The van der Waals surface area contributed by atoms with E-state index in [2.05, 4.69) is 22.5 Å². The zero-order valence-corrected chi connectivity index (χ0v) is 17.8. The SMILES string of the molecule is CC1CCC2(CC1)OCC(CNC(=NCc1ccccc1)NCC(=O)N(C)C)O2. The number of hydrogen-bond acceptors (Lipinski definition) is 4. The summed E-state index contributed by atoms with van der Waals surface area (Å²) in [6, 6.07) is 10.0. The summed E-state index contributed by atoms with van der Waals surface area (Å²) in [5.74, 6) is 0.954. The fraction of sp³-hybridized carbons (Fsp3) is 0.636. The van der Waals surface area contributed by atoms with Crippen molar-refractivity contribution in [3.8, 4) is 0 Å². The summed E-state index contributed by atoms with van der Waals surface area (Å²) < 4.78 is 12.3. The van der Waals surface area contributed by atoms with Crippen LogP contribution in [0.3, 0.4) is 0 Å². The van der Waals surface area contributed by atoms with Crippen molar-refractivity contribution in [2.45, 2.75) is 51.0 Å². The molecular weight excluding hydrogens is 368 g/mol. The molecular formula is C22H34N4O3. The monoisotopic (exact) mass is 402 g/mol. The van der Waals surface area contributed by atoms with E-state index in [1.54, 1.807) is 19.0 Å². The van der Waals surface area contributed by atoms with Crippen LogP contribution >= 0.6 is 0 Å². The van der Waals surface area contributed by atoms with Crippen LogP contribution in [0.5, 0.6) is 0 Å². The highest BCUT2D eigenvalue weighted by Crippen LogP contribution is 2.39. The highest BCUT2D eigenvalue weighted by molar-refractivity contribution is 5.86. The van der Waals surface area contributed by atoms with Crippen molar-refractivity contribution in [1.82, 2.24) is 15.5 Å². The molecule has 7 nitrogen and oxygen atoms in total. The number of guanidine groups is 1. The van der Waals surface area contributed by atoms with Gasteiger partial charge in [0.1, 0.15) is 6.10 Å². The van der Waals surface area contributed by atoms with Gasteiger partial charge in [-0.15, -0.1) is 0 Å². The van der Waals surface area contributed by atoms with E-state index in [9.17, 15) is 4.79 Å². The summed E-state index contributed by atoms with van der Waals surface area (Å²) in [5, 5.41) is 6.44. The van der Waals surface area contributed by atoms with Gasteiger partial charge in [0.25, 0.3) is 0 Å². The third-order valence-corrected chi connectivity index (χ3v) is 5.62. The molecule has 1 atom stereocenters. The Hall–Kier alpha value is -2.12. The van der Waals surface area contributed by atoms with Crippen LogP contribution in [0.1, 0.15) is 38.2 Å². The first-order chi connectivity index (χ1) is 14.0. The van der Waals surface area contributed by atoms with E-state index in [0.717, 1.165) is 37.2 Å². The first-order valence-electron chi connectivity index (χ1n) is 10.5. The molecule has 0 aromatic heterocycles. The van der Waals surface area contributed by atoms with E-state index >= 15 is 0 Å². The van der Waals surface area contributed by atoms with Crippen molar-refractivity contribution >= 4 is 11.9 Å². The first-order valence-corrected chi connectivity index (χ1v) is 10.5. The summed E-state index contributed by atoms with van der Waals surface area (Å²) >= 11 is 0. The molecule has 1 spiro atoms. The van der Waals surface area contributed by atoms with Crippen molar-refractivity contribution < 1.29 is 14.3 Å². The van der Waals surface area contributed by atoms with Crippen LogP contribution in [0.4, 0.5) is 0 Å². The molecule has 2 N–H and O–H groups in total.